The molecule has 3 fully saturated rings. The van der Waals surface area contributed by atoms with Crippen molar-refractivity contribution in [2.45, 2.75) is 235 Å². The third-order valence-electron chi connectivity index (χ3n) is 19.9. The summed E-state index contributed by atoms with van der Waals surface area (Å²) in [6.07, 6.45) is 1.69. The minimum Gasteiger partial charge on any atom is -0.463 e. The third kappa shape index (κ3) is 33.8. The first-order chi connectivity index (χ1) is 48.6. The minimum absolute atomic E-state index is 0.0284. The molecule has 6 amide bonds. The number of hydrogen-bond donors (Lipinski definition) is 6. The number of esters is 3. The number of nitrogens with one attached hydrogen (secondary N) is 6. The van der Waals surface area contributed by atoms with Crippen molar-refractivity contribution in [1.29, 1.82) is 0 Å². The second-order valence-corrected chi connectivity index (χ2v) is 27.8. The Hall–Kier alpha value is -6.69. The number of carbonyl (C=O) groups excluding carboxylic acids is 11. The molecule has 6 N–H and O–H groups in total. The molecule has 578 valence electrons. The Balaban J connectivity index is 1.36. The molecule has 16 atom stereocenters. The van der Waals surface area contributed by atoms with Crippen LogP contribution in [0.2, 0.25) is 0 Å². The molecule has 3 aliphatic heterocycles. The second kappa shape index (κ2) is 48.4. The van der Waals surface area contributed by atoms with Crippen molar-refractivity contribution in [2.75, 3.05) is 85.5 Å². The molecule has 102 heavy (non-hydrogen) atoms. The predicted octanol–water partition coefficient (Wildman–Crippen LogP) is 6.55. The summed E-state index contributed by atoms with van der Waals surface area (Å²) < 4.78 is 58.1. The number of ketones is 2. The van der Waals surface area contributed by atoms with Crippen molar-refractivity contribution in [3.05, 3.63) is 35.9 Å². The van der Waals surface area contributed by atoms with Gasteiger partial charge in [0.2, 0.25) is 29.5 Å². The third-order valence-corrected chi connectivity index (χ3v) is 19.9. The first-order valence-corrected chi connectivity index (χ1v) is 36.9. The summed E-state index contributed by atoms with van der Waals surface area (Å²) in [7, 11) is 0. The van der Waals surface area contributed by atoms with Crippen molar-refractivity contribution in [3.63, 3.8) is 0 Å². The van der Waals surface area contributed by atoms with E-state index in [1.54, 1.807) is 0 Å². The molecule has 0 saturated carbocycles. The van der Waals surface area contributed by atoms with Gasteiger partial charge in [-0.3, -0.25) is 52.8 Å². The molecule has 3 heterocycles. The van der Waals surface area contributed by atoms with E-state index in [4.69, 9.17) is 47.4 Å². The summed E-state index contributed by atoms with van der Waals surface area (Å²) in [6.45, 7) is 23.2. The van der Waals surface area contributed by atoms with Crippen LogP contribution < -0.4 is 31.9 Å². The van der Waals surface area contributed by atoms with Crippen molar-refractivity contribution in [3.8, 4) is 0 Å². The number of carbonyl (C=O) groups is 11. The SMILES string of the molecule is CC(=O)NC1[C@H](OCCCCCCNC(=O)CNC(=O)CN(CC(=O)CCC(=O)NCCCCO[C@@H]2OC(COC(C)=O)[C@H](C)[C@H](C)C2C)C(CCCCNC(=O)OCc2ccccc2)C(=O)CCC(=O)NCCCCO[C@@H]2OC(COC(C)=O)[C@H](C)[C@H](C)C2C)OC(COC(C)=O)[C@H](C)[C@@H]1C. The number of benzene rings is 1. The van der Waals surface area contributed by atoms with E-state index in [9.17, 15) is 52.7 Å². The lowest BCUT2D eigenvalue weighted by atomic mass is 9.79. The average molecular weight is 1440 g/mol. The number of nitrogens with zero attached hydrogens (tertiary/aromatic N) is 1. The van der Waals surface area contributed by atoms with E-state index in [-0.39, 0.29) is 154 Å². The smallest absolute Gasteiger partial charge is 0.407 e. The molecule has 0 radical (unpaired) electrons. The molecular weight excluding hydrogens is 1320 g/mol. The number of hydrogen-bond acceptors (Lipinski definition) is 22. The molecule has 1 aromatic rings. The first-order valence-electron chi connectivity index (χ1n) is 36.9. The largest absolute Gasteiger partial charge is 0.463 e. The lowest BCUT2D eigenvalue weighted by Gasteiger charge is -2.44. The zero-order chi connectivity index (χ0) is 75.1. The van der Waals surface area contributed by atoms with Crippen molar-refractivity contribution < 1.29 is 100 Å². The minimum atomic E-state index is -1.08. The molecule has 1 aromatic carbocycles. The van der Waals surface area contributed by atoms with Crippen LogP contribution in [-0.4, -0.2) is 205 Å². The van der Waals surface area contributed by atoms with Gasteiger partial charge in [-0.05, 0) is 98.9 Å². The van der Waals surface area contributed by atoms with Crippen LogP contribution in [0.15, 0.2) is 30.3 Å². The molecule has 0 spiro atoms. The maximum absolute atomic E-state index is 14.5. The Kier molecular flexibility index (Phi) is 41.6. The lowest BCUT2D eigenvalue weighted by molar-refractivity contribution is -0.255. The van der Waals surface area contributed by atoms with Gasteiger partial charge in [0, 0.05) is 111 Å². The Morgan fingerprint density at radius 2 is 0.873 bits per heavy atom. The van der Waals surface area contributed by atoms with Gasteiger partial charge in [-0.1, -0.05) is 98.6 Å². The summed E-state index contributed by atoms with van der Waals surface area (Å²) in [5, 5.41) is 16.8. The van der Waals surface area contributed by atoms with Crippen LogP contribution in [-0.2, 0) is 102 Å². The standard InChI is InChI=1S/C74H121N7O21/c1-47-49(3)63(44-96-56(10)83)100-71(53(47)7)93-38-24-21-34-75-66(88)31-29-60(86)41-81(42-69(91)79-40-68(90)77-33-19-13-14-23-37-95-73-70(80-55(9)82)52(6)51(5)65(102-73)46-98-58(12)85)61(28-18-20-36-78-74(92)99-43-59-26-16-15-17-27-59)62(87)30-32-67(89)76-35-22-25-39-94-72-54(8)48(2)50(4)64(101-72)45-97-57(11)84/h15-17,26-27,47-54,61,63-65,70-73H,13-14,18-25,28-46H2,1-12H3,(H,75,88)(H,76,89)(H,77,90)(H,78,92)(H,79,91)(H,80,82)/t47-,48-,49+,50+,51+,52-,53?,54?,61?,63?,64?,65?,70?,71+,72+,73+/m0/s1. The van der Waals surface area contributed by atoms with Gasteiger partial charge >= 0.3 is 24.0 Å². The van der Waals surface area contributed by atoms with Crippen molar-refractivity contribution in [2.24, 2.45) is 47.3 Å². The molecule has 7 unspecified atom stereocenters. The van der Waals surface area contributed by atoms with Crippen LogP contribution in [0.25, 0.3) is 0 Å². The van der Waals surface area contributed by atoms with Gasteiger partial charge in [0.15, 0.2) is 24.7 Å². The summed E-state index contributed by atoms with van der Waals surface area (Å²) in [4.78, 5) is 143. The topological polar surface area (TPSA) is 355 Å². The van der Waals surface area contributed by atoms with Gasteiger partial charge < -0.3 is 79.3 Å². The van der Waals surface area contributed by atoms with Gasteiger partial charge in [0.05, 0.1) is 50.0 Å². The summed E-state index contributed by atoms with van der Waals surface area (Å²) in [6, 6.07) is 7.69. The van der Waals surface area contributed by atoms with E-state index in [1.165, 1.54) is 32.6 Å². The van der Waals surface area contributed by atoms with Crippen LogP contribution >= 0.6 is 0 Å². The maximum Gasteiger partial charge on any atom is 0.407 e. The number of alkyl carbamates (subject to hydrolysis) is 1. The van der Waals surface area contributed by atoms with E-state index in [0.717, 1.165) is 18.4 Å². The van der Waals surface area contributed by atoms with Crippen LogP contribution in [0.5, 0.6) is 0 Å². The van der Waals surface area contributed by atoms with Crippen LogP contribution in [0.1, 0.15) is 185 Å². The van der Waals surface area contributed by atoms with Gasteiger partial charge in [-0.2, -0.15) is 0 Å². The Bertz CT molecular complexity index is 2750. The predicted molar refractivity (Wildman–Crippen MR) is 376 cm³/mol. The highest BCUT2D eigenvalue weighted by Gasteiger charge is 2.44. The summed E-state index contributed by atoms with van der Waals surface area (Å²) in [5.41, 5.74) is 0.805. The van der Waals surface area contributed by atoms with Gasteiger partial charge in [0.25, 0.3) is 0 Å². The van der Waals surface area contributed by atoms with E-state index < -0.39 is 92.1 Å². The highest BCUT2D eigenvalue weighted by atomic mass is 16.7. The first kappa shape index (κ1) is 87.7. The molecule has 4 rings (SSSR count). The summed E-state index contributed by atoms with van der Waals surface area (Å²) >= 11 is 0. The fraction of sp³-hybridized carbons (Fsp3) is 0.770. The summed E-state index contributed by atoms with van der Waals surface area (Å²) in [5.74, 6) is -3.22. The van der Waals surface area contributed by atoms with E-state index in [2.05, 4.69) is 73.4 Å². The molecule has 28 nitrogen and oxygen atoms in total. The normalized spacial score (nSPS) is 25.0. The fourth-order valence-electron chi connectivity index (χ4n) is 12.6. The zero-order valence-electron chi connectivity index (χ0n) is 62.7. The lowest BCUT2D eigenvalue weighted by Crippen LogP contribution is -2.58. The van der Waals surface area contributed by atoms with Crippen LogP contribution in [0.4, 0.5) is 4.79 Å². The monoisotopic (exact) mass is 1440 g/mol. The van der Waals surface area contributed by atoms with Crippen LogP contribution in [0.3, 0.4) is 0 Å². The number of amides is 6. The zero-order valence-corrected chi connectivity index (χ0v) is 62.7. The fourth-order valence-corrected chi connectivity index (χ4v) is 12.6. The number of ether oxygens (including phenoxy) is 10. The molecule has 0 bridgehead atoms. The highest BCUT2D eigenvalue weighted by molar-refractivity contribution is 5.91. The van der Waals surface area contributed by atoms with E-state index in [0.29, 0.717) is 90.8 Å². The quantitative estimate of drug-likeness (QED) is 0.0229. The average Bonchev–Trinajstić information content (AvgIpc) is 0.823. The van der Waals surface area contributed by atoms with Gasteiger partial charge in [-0.25, -0.2) is 4.79 Å². The molecule has 0 aromatic heterocycles. The molecule has 0 aliphatic carbocycles. The van der Waals surface area contributed by atoms with E-state index in [1.807, 2.05) is 44.2 Å². The molecule has 28 heteroatoms. The van der Waals surface area contributed by atoms with Crippen molar-refractivity contribution in [1.82, 2.24) is 36.8 Å². The molecule has 3 saturated heterocycles. The molecular formula is C74H121N7O21. The number of Topliss-reactive ketones (excluding diaryl/α,β-unsaturated/α-hetero) is 2. The number of unbranched alkanes of at least 4 members (excludes halogenated alkanes) is 6. The van der Waals surface area contributed by atoms with E-state index >= 15 is 0 Å². The Labute approximate surface area is 603 Å². The maximum atomic E-state index is 14.5. The van der Waals surface area contributed by atoms with Crippen molar-refractivity contribution >= 4 is 65.1 Å². The number of rotatable bonds is 48. The van der Waals surface area contributed by atoms with Gasteiger partial charge in [-0.15, -0.1) is 0 Å². The second-order valence-electron chi connectivity index (χ2n) is 27.8. The van der Waals surface area contributed by atoms with Gasteiger partial charge in [0.1, 0.15) is 32.2 Å². The van der Waals surface area contributed by atoms with Crippen LogP contribution in [0, 0.1) is 47.3 Å². The molecule has 3 aliphatic rings. The Morgan fingerprint density at radius 3 is 1.39 bits per heavy atom. The Morgan fingerprint density at radius 1 is 0.431 bits per heavy atom. The highest BCUT2D eigenvalue weighted by Crippen LogP contribution is 2.38.